The molecule has 0 saturated carbocycles. The zero-order chi connectivity index (χ0) is 12.4. The molecule has 0 N–H and O–H groups in total. The molecule has 0 amide bonds. The largest absolute Gasteiger partial charge is 0.240 e. The van der Waals surface area contributed by atoms with Gasteiger partial charge in [0.1, 0.15) is 0 Å². The Labute approximate surface area is 103 Å². The van der Waals surface area contributed by atoms with E-state index in [-0.39, 0.29) is 0 Å². The van der Waals surface area contributed by atoms with Crippen LogP contribution in [0.4, 0.5) is 0 Å². The molecule has 0 aliphatic rings. The van der Waals surface area contributed by atoms with E-state index in [2.05, 4.69) is 63.3 Å². The van der Waals surface area contributed by atoms with Crippen LogP contribution in [0, 0.1) is 6.92 Å². The molecule has 2 heteroatoms. The van der Waals surface area contributed by atoms with Gasteiger partial charge in [0.05, 0.1) is 11.4 Å². The van der Waals surface area contributed by atoms with Crippen LogP contribution in [-0.2, 0) is 6.42 Å². The Kier molecular flexibility index (Phi) is 3.32. The van der Waals surface area contributed by atoms with Gasteiger partial charge in [0.15, 0.2) is 0 Å². The normalized spacial score (nSPS) is 11.1. The van der Waals surface area contributed by atoms with Crippen molar-refractivity contribution in [2.45, 2.75) is 40.0 Å². The van der Waals surface area contributed by atoms with E-state index in [4.69, 9.17) is 0 Å². The first kappa shape index (κ1) is 11.9. The van der Waals surface area contributed by atoms with E-state index in [1.165, 1.54) is 11.1 Å². The van der Waals surface area contributed by atoms with E-state index in [0.29, 0.717) is 5.92 Å². The molecule has 90 valence electrons. The summed E-state index contributed by atoms with van der Waals surface area (Å²) in [5.74, 6) is 0.553. The molecule has 0 radical (unpaired) electrons. The van der Waals surface area contributed by atoms with Gasteiger partial charge in [-0.25, -0.2) is 4.68 Å². The Bertz CT molecular complexity index is 509. The lowest BCUT2D eigenvalue weighted by molar-refractivity contribution is 0.837. The van der Waals surface area contributed by atoms with E-state index < -0.39 is 0 Å². The van der Waals surface area contributed by atoms with Crippen LogP contribution in [0.3, 0.4) is 0 Å². The van der Waals surface area contributed by atoms with Crippen molar-refractivity contribution in [2.75, 3.05) is 0 Å². The molecule has 0 bridgehead atoms. The maximum absolute atomic E-state index is 4.57. The SMILES string of the molecule is CCc1cn(-c2cccc(C(C)C)c2)nc1C. The minimum absolute atomic E-state index is 0.553. The minimum Gasteiger partial charge on any atom is -0.240 e. The van der Waals surface area contributed by atoms with Crippen LogP contribution >= 0.6 is 0 Å². The van der Waals surface area contributed by atoms with Gasteiger partial charge in [-0.2, -0.15) is 5.10 Å². The second kappa shape index (κ2) is 4.74. The quantitative estimate of drug-likeness (QED) is 0.780. The first-order valence-electron chi connectivity index (χ1n) is 6.27. The summed E-state index contributed by atoms with van der Waals surface area (Å²) in [4.78, 5) is 0. The fraction of sp³-hybridized carbons (Fsp3) is 0.400. The average Bonchev–Trinajstić information content (AvgIpc) is 2.71. The molecule has 0 fully saturated rings. The topological polar surface area (TPSA) is 17.8 Å². The van der Waals surface area contributed by atoms with Crippen molar-refractivity contribution in [1.29, 1.82) is 0 Å². The van der Waals surface area contributed by atoms with Crippen LogP contribution in [0.2, 0.25) is 0 Å². The van der Waals surface area contributed by atoms with Crippen LogP contribution < -0.4 is 0 Å². The van der Waals surface area contributed by atoms with Crippen LogP contribution in [0.1, 0.15) is 43.5 Å². The van der Waals surface area contributed by atoms with E-state index >= 15 is 0 Å². The van der Waals surface area contributed by atoms with Crippen LogP contribution in [0.5, 0.6) is 0 Å². The highest BCUT2D eigenvalue weighted by atomic mass is 15.3. The molecular formula is C15H20N2. The number of hydrogen-bond acceptors (Lipinski definition) is 1. The number of aryl methyl sites for hydroxylation is 2. The van der Waals surface area contributed by atoms with Crippen molar-refractivity contribution in [3.8, 4) is 5.69 Å². The molecule has 17 heavy (non-hydrogen) atoms. The fourth-order valence-electron chi connectivity index (χ4n) is 2.00. The number of hydrogen-bond donors (Lipinski definition) is 0. The van der Waals surface area contributed by atoms with Crippen molar-refractivity contribution >= 4 is 0 Å². The van der Waals surface area contributed by atoms with Gasteiger partial charge in [-0.3, -0.25) is 0 Å². The average molecular weight is 228 g/mol. The molecule has 2 nitrogen and oxygen atoms in total. The third-order valence-corrected chi connectivity index (χ3v) is 3.18. The highest BCUT2D eigenvalue weighted by Crippen LogP contribution is 2.19. The molecule has 0 saturated heterocycles. The van der Waals surface area contributed by atoms with E-state index in [0.717, 1.165) is 17.8 Å². The number of rotatable bonds is 3. The second-order valence-corrected chi connectivity index (χ2v) is 4.79. The van der Waals surface area contributed by atoms with E-state index in [1.807, 2.05) is 4.68 Å². The van der Waals surface area contributed by atoms with Crippen molar-refractivity contribution in [3.05, 3.63) is 47.3 Å². The van der Waals surface area contributed by atoms with Gasteiger partial charge in [-0.05, 0) is 42.5 Å². The zero-order valence-corrected chi connectivity index (χ0v) is 11.1. The number of aromatic nitrogens is 2. The Morgan fingerprint density at radius 3 is 2.65 bits per heavy atom. The zero-order valence-electron chi connectivity index (χ0n) is 11.1. The van der Waals surface area contributed by atoms with Crippen molar-refractivity contribution in [3.63, 3.8) is 0 Å². The van der Waals surface area contributed by atoms with Crippen molar-refractivity contribution in [2.24, 2.45) is 0 Å². The summed E-state index contributed by atoms with van der Waals surface area (Å²) >= 11 is 0. The first-order chi connectivity index (χ1) is 8.11. The van der Waals surface area contributed by atoms with Gasteiger partial charge >= 0.3 is 0 Å². The Morgan fingerprint density at radius 1 is 1.29 bits per heavy atom. The smallest absolute Gasteiger partial charge is 0.0648 e. The van der Waals surface area contributed by atoms with Gasteiger partial charge in [0.25, 0.3) is 0 Å². The highest BCUT2D eigenvalue weighted by molar-refractivity contribution is 5.37. The summed E-state index contributed by atoms with van der Waals surface area (Å²) < 4.78 is 1.99. The first-order valence-corrected chi connectivity index (χ1v) is 6.27. The summed E-state index contributed by atoms with van der Waals surface area (Å²) in [6, 6.07) is 8.60. The summed E-state index contributed by atoms with van der Waals surface area (Å²) in [7, 11) is 0. The number of benzene rings is 1. The monoisotopic (exact) mass is 228 g/mol. The summed E-state index contributed by atoms with van der Waals surface area (Å²) in [6.07, 6.45) is 3.17. The van der Waals surface area contributed by atoms with Gasteiger partial charge in [0.2, 0.25) is 0 Å². The Morgan fingerprint density at radius 2 is 2.06 bits per heavy atom. The molecular weight excluding hydrogens is 208 g/mol. The lowest BCUT2D eigenvalue weighted by Gasteiger charge is -2.07. The predicted octanol–water partition coefficient (Wildman–Crippen LogP) is 3.87. The third-order valence-electron chi connectivity index (χ3n) is 3.18. The molecule has 2 aromatic rings. The molecule has 0 spiro atoms. The van der Waals surface area contributed by atoms with Gasteiger partial charge in [-0.1, -0.05) is 32.9 Å². The summed E-state index contributed by atoms with van der Waals surface area (Å²) in [6.45, 7) is 8.66. The molecule has 0 atom stereocenters. The van der Waals surface area contributed by atoms with Crippen LogP contribution in [-0.4, -0.2) is 9.78 Å². The Balaban J connectivity index is 2.41. The maximum atomic E-state index is 4.57. The molecule has 1 aromatic heterocycles. The standard InChI is InChI=1S/C15H20N2/c1-5-13-10-17(16-12(13)4)15-8-6-7-14(9-15)11(2)3/h6-11H,5H2,1-4H3. The molecule has 1 aromatic carbocycles. The lowest BCUT2D eigenvalue weighted by Crippen LogP contribution is -1.97. The van der Waals surface area contributed by atoms with E-state index in [9.17, 15) is 0 Å². The van der Waals surface area contributed by atoms with Crippen molar-refractivity contribution < 1.29 is 0 Å². The second-order valence-electron chi connectivity index (χ2n) is 4.79. The minimum atomic E-state index is 0.553. The van der Waals surface area contributed by atoms with Gasteiger partial charge in [-0.15, -0.1) is 0 Å². The summed E-state index contributed by atoms with van der Waals surface area (Å²) in [5.41, 5.74) is 4.95. The summed E-state index contributed by atoms with van der Waals surface area (Å²) in [5, 5.41) is 4.57. The number of nitrogens with zero attached hydrogens (tertiary/aromatic N) is 2. The van der Waals surface area contributed by atoms with Crippen LogP contribution in [0.25, 0.3) is 5.69 Å². The third kappa shape index (κ3) is 2.41. The maximum Gasteiger partial charge on any atom is 0.0648 e. The molecule has 0 aliphatic carbocycles. The molecule has 0 aliphatic heterocycles. The predicted molar refractivity (Wildman–Crippen MR) is 71.8 cm³/mol. The Hall–Kier alpha value is -1.57. The highest BCUT2D eigenvalue weighted by Gasteiger charge is 2.06. The fourth-order valence-corrected chi connectivity index (χ4v) is 2.00. The molecule has 1 heterocycles. The molecule has 0 unspecified atom stereocenters. The lowest BCUT2D eigenvalue weighted by atomic mass is 10.0. The molecule has 2 rings (SSSR count). The van der Waals surface area contributed by atoms with Crippen molar-refractivity contribution in [1.82, 2.24) is 9.78 Å². The van der Waals surface area contributed by atoms with Gasteiger partial charge in [0, 0.05) is 6.20 Å². The van der Waals surface area contributed by atoms with Crippen LogP contribution in [0.15, 0.2) is 30.5 Å². The van der Waals surface area contributed by atoms with E-state index in [1.54, 1.807) is 0 Å². The van der Waals surface area contributed by atoms with Gasteiger partial charge < -0.3 is 0 Å².